The number of hydrogen-bond acceptors (Lipinski definition) is 5. The van der Waals surface area contributed by atoms with E-state index < -0.39 is 22.5 Å². The number of aliphatic carboxylic acids is 1. The minimum absolute atomic E-state index is 0.0468. The third-order valence-electron chi connectivity index (χ3n) is 2.36. The van der Waals surface area contributed by atoms with Gasteiger partial charge in [0.2, 0.25) is 0 Å². The van der Waals surface area contributed by atoms with Gasteiger partial charge >= 0.3 is 5.97 Å². The zero-order valence-electron chi connectivity index (χ0n) is 11.7. The molecule has 1 N–H and O–H groups in total. The fourth-order valence-corrected chi connectivity index (χ4v) is 4.10. The van der Waals surface area contributed by atoms with E-state index in [0.29, 0.717) is 5.01 Å². The molecule has 1 rings (SSSR count). The summed E-state index contributed by atoms with van der Waals surface area (Å²) in [6.07, 6.45) is 2.63. The highest BCUT2D eigenvalue weighted by Gasteiger charge is 2.29. The minimum atomic E-state index is -3.86. The predicted molar refractivity (Wildman–Crippen MR) is 77.4 cm³/mol. The molecule has 20 heavy (non-hydrogen) atoms. The van der Waals surface area contributed by atoms with Crippen molar-refractivity contribution in [2.75, 3.05) is 13.1 Å². The molecule has 0 atom stereocenters. The lowest BCUT2D eigenvalue weighted by Crippen LogP contribution is -2.35. The molecule has 0 saturated heterocycles. The fraction of sp³-hybridized carbons (Fsp3) is 0.500. The van der Waals surface area contributed by atoms with Crippen LogP contribution in [0.4, 0.5) is 0 Å². The van der Waals surface area contributed by atoms with E-state index in [1.54, 1.807) is 0 Å². The smallest absolute Gasteiger partial charge is 0.318 e. The Bertz CT molecular complexity index is 599. The van der Waals surface area contributed by atoms with Crippen LogP contribution in [0.2, 0.25) is 0 Å². The van der Waals surface area contributed by atoms with Crippen molar-refractivity contribution in [1.29, 1.82) is 0 Å². The van der Waals surface area contributed by atoms with Crippen LogP contribution in [0.1, 0.15) is 25.8 Å². The topological polar surface area (TPSA) is 87.6 Å². The first-order valence-corrected chi connectivity index (χ1v) is 8.14. The average molecular weight is 318 g/mol. The van der Waals surface area contributed by atoms with Gasteiger partial charge in [-0.05, 0) is 0 Å². The van der Waals surface area contributed by atoms with Gasteiger partial charge in [0.1, 0.15) is 6.54 Å². The van der Waals surface area contributed by atoms with E-state index in [9.17, 15) is 13.2 Å². The largest absolute Gasteiger partial charge is 0.480 e. The molecule has 0 radical (unpaired) electrons. The van der Waals surface area contributed by atoms with Crippen LogP contribution in [0, 0.1) is 0 Å². The summed E-state index contributed by atoms with van der Waals surface area (Å²) in [7, 11) is -3.86. The van der Waals surface area contributed by atoms with Crippen LogP contribution in [-0.2, 0) is 20.2 Å². The molecule has 0 aliphatic carbocycles. The summed E-state index contributed by atoms with van der Waals surface area (Å²) in [5.41, 5.74) is -0.255. The number of carboxylic acid groups (broad SMARTS) is 1. The molecule has 1 aromatic rings. The second-order valence-electron chi connectivity index (χ2n) is 5.21. The predicted octanol–water partition coefficient (Wildman–Crippen LogP) is 1.70. The van der Waals surface area contributed by atoms with Crippen LogP contribution >= 0.6 is 11.3 Å². The van der Waals surface area contributed by atoms with Gasteiger partial charge < -0.3 is 5.11 Å². The second kappa shape index (κ2) is 6.02. The van der Waals surface area contributed by atoms with Gasteiger partial charge in [-0.2, -0.15) is 4.31 Å². The van der Waals surface area contributed by atoms with Gasteiger partial charge in [0.25, 0.3) is 10.0 Å². The van der Waals surface area contributed by atoms with E-state index in [1.807, 2.05) is 20.8 Å². The van der Waals surface area contributed by atoms with Gasteiger partial charge in [-0.1, -0.05) is 26.8 Å². The van der Waals surface area contributed by atoms with Gasteiger partial charge in [0, 0.05) is 12.0 Å². The van der Waals surface area contributed by atoms with Crippen molar-refractivity contribution in [3.05, 3.63) is 23.9 Å². The lowest BCUT2D eigenvalue weighted by atomic mass is 9.98. The molecular weight excluding hydrogens is 300 g/mol. The molecule has 112 valence electrons. The normalized spacial score (nSPS) is 12.6. The summed E-state index contributed by atoms with van der Waals surface area (Å²) in [6, 6.07) is 0. The first-order valence-electron chi connectivity index (χ1n) is 5.88. The molecule has 1 heterocycles. The van der Waals surface area contributed by atoms with Crippen LogP contribution in [0.15, 0.2) is 23.1 Å². The first kappa shape index (κ1) is 16.8. The van der Waals surface area contributed by atoms with E-state index in [0.717, 1.165) is 15.6 Å². The third-order valence-corrected chi connectivity index (χ3v) is 6.04. The molecule has 0 spiro atoms. The molecule has 0 amide bonds. The SMILES string of the molecule is C=CCN(CC(=O)O)S(=O)(=O)c1cnc(C(C)(C)C)s1. The Hall–Kier alpha value is -1.25. The Labute approximate surface area is 122 Å². The molecule has 6 nitrogen and oxygen atoms in total. The molecule has 0 aromatic carbocycles. The second-order valence-corrected chi connectivity index (χ2v) is 8.41. The van der Waals surface area contributed by atoms with Crippen molar-refractivity contribution in [3.8, 4) is 0 Å². The standard InChI is InChI=1S/C12H18N2O4S2/c1-5-6-14(8-9(15)16)20(17,18)10-7-13-11(19-10)12(2,3)4/h5,7H,1,6,8H2,2-4H3,(H,15,16). The van der Waals surface area contributed by atoms with E-state index in [2.05, 4.69) is 11.6 Å². The number of rotatable bonds is 6. The summed E-state index contributed by atoms with van der Waals surface area (Å²) in [4.78, 5) is 14.9. The Morgan fingerprint density at radius 1 is 1.55 bits per heavy atom. The van der Waals surface area contributed by atoms with Crippen molar-refractivity contribution in [1.82, 2.24) is 9.29 Å². The van der Waals surface area contributed by atoms with Crippen molar-refractivity contribution in [3.63, 3.8) is 0 Å². The lowest BCUT2D eigenvalue weighted by Gasteiger charge is -2.17. The molecule has 8 heteroatoms. The molecular formula is C12H18N2O4S2. The van der Waals surface area contributed by atoms with E-state index in [4.69, 9.17) is 5.11 Å². The monoisotopic (exact) mass is 318 g/mol. The maximum absolute atomic E-state index is 12.4. The molecule has 0 unspecified atom stereocenters. The molecule has 0 aliphatic heterocycles. The highest BCUT2D eigenvalue weighted by atomic mass is 32.2. The number of nitrogens with zero attached hydrogens (tertiary/aromatic N) is 2. The van der Waals surface area contributed by atoms with Crippen molar-refractivity contribution in [2.24, 2.45) is 0 Å². The van der Waals surface area contributed by atoms with Crippen LogP contribution in [0.25, 0.3) is 0 Å². The first-order chi connectivity index (χ1) is 9.09. The Morgan fingerprint density at radius 3 is 2.55 bits per heavy atom. The highest BCUT2D eigenvalue weighted by Crippen LogP contribution is 2.30. The van der Waals surface area contributed by atoms with Crippen molar-refractivity contribution in [2.45, 2.75) is 30.4 Å². The molecule has 0 aliphatic rings. The Balaban J connectivity index is 3.16. The molecule has 0 fully saturated rings. The van der Waals surface area contributed by atoms with Crippen LogP contribution < -0.4 is 0 Å². The minimum Gasteiger partial charge on any atom is -0.480 e. The number of sulfonamides is 1. The van der Waals surface area contributed by atoms with Gasteiger partial charge in [-0.3, -0.25) is 4.79 Å². The number of carbonyl (C=O) groups is 1. The summed E-state index contributed by atoms with van der Waals surface area (Å²) in [5.74, 6) is -1.21. The third kappa shape index (κ3) is 3.87. The van der Waals surface area contributed by atoms with Crippen LogP contribution in [0.5, 0.6) is 0 Å². The van der Waals surface area contributed by atoms with Crippen LogP contribution in [0.3, 0.4) is 0 Å². The molecule has 0 bridgehead atoms. The highest BCUT2D eigenvalue weighted by molar-refractivity contribution is 7.91. The number of carboxylic acids is 1. The maximum atomic E-state index is 12.4. The van der Waals surface area contributed by atoms with E-state index >= 15 is 0 Å². The number of hydrogen-bond donors (Lipinski definition) is 1. The van der Waals surface area contributed by atoms with Gasteiger partial charge in [0.05, 0.1) is 11.2 Å². The van der Waals surface area contributed by atoms with Gasteiger partial charge in [0.15, 0.2) is 4.21 Å². The zero-order chi connectivity index (χ0) is 15.6. The Kier molecular flexibility index (Phi) is 5.06. The quantitative estimate of drug-likeness (QED) is 0.807. The number of aromatic nitrogens is 1. The molecule has 0 saturated carbocycles. The van der Waals surface area contributed by atoms with Gasteiger partial charge in [-0.25, -0.2) is 13.4 Å². The van der Waals surface area contributed by atoms with Crippen molar-refractivity contribution < 1.29 is 18.3 Å². The lowest BCUT2D eigenvalue weighted by molar-refractivity contribution is -0.137. The van der Waals surface area contributed by atoms with E-state index in [1.165, 1.54) is 12.3 Å². The number of thiazole rings is 1. The average Bonchev–Trinajstić information content (AvgIpc) is 2.77. The zero-order valence-corrected chi connectivity index (χ0v) is 13.3. The van der Waals surface area contributed by atoms with Gasteiger partial charge in [-0.15, -0.1) is 17.9 Å². The van der Waals surface area contributed by atoms with E-state index in [-0.39, 0.29) is 16.2 Å². The maximum Gasteiger partial charge on any atom is 0.318 e. The van der Waals surface area contributed by atoms with Crippen LogP contribution in [-0.4, -0.2) is 41.9 Å². The fourth-order valence-electron chi connectivity index (χ4n) is 1.40. The summed E-state index contributed by atoms with van der Waals surface area (Å²) in [5, 5.41) is 9.49. The molecule has 1 aromatic heterocycles. The van der Waals surface area contributed by atoms with Crippen molar-refractivity contribution >= 4 is 27.3 Å². The summed E-state index contributed by atoms with van der Waals surface area (Å²) in [6.45, 7) is 8.58. The Morgan fingerprint density at radius 2 is 2.15 bits per heavy atom. The summed E-state index contributed by atoms with van der Waals surface area (Å²) >= 11 is 1.06. The summed E-state index contributed by atoms with van der Waals surface area (Å²) < 4.78 is 25.7.